The first-order valence-corrected chi connectivity index (χ1v) is 15.0. The molecule has 0 saturated carbocycles. The predicted molar refractivity (Wildman–Crippen MR) is 171 cm³/mol. The summed E-state index contributed by atoms with van der Waals surface area (Å²) in [6.45, 7) is 2.64. The fourth-order valence-corrected chi connectivity index (χ4v) is 6.31. The minimum Gasteiger partial charge on any atom is -0.478 e. The van der Waals surface area contributed by atoms with E-state index in [1.807, 2.05) is 24.3 Å². The number of benzene rings is 3. The summed E-state index contributed by atoms with van der Waals surface area (Å²) in [6.07, 6.45) is 7.06. The minimum absolute atomic E-state index is 0.000754. The molecule has 1 amide bonds. The van der Waals surface area contributed by atoms with Crippen molar-refractivity contribution in [1.82, 2.24) is 9.80 Å². The SMILES string of the molecule is CN(C)C(=O)/C=C/CN1CC[C@H](Nc2ccc(C3=C(c4ccc(Cl)cc4Cl)CCCc4cc(C(=O)O)ccc43)cc2)C1. The van der Waals surface area contributed by atoms with Crippen LogP contribution in [0.25, 0.3) is 11.1 Å². The van der Waals surface area contributed by atoms with Crippen LogP contribution in [0.2, 0.25) is 10.0 Å². The Balaban J connectivity index is 1.41. The van der Waals surface area contributed by atoms with Crippen LogP contribution in [0, 0.1) is 0 Å². The second-order valence-electron chi connectivity index (χ2n) is 11.1. The molecule has 1 atom stereocenters. The molecule has 5 rings (SSSR count). The molecule has 0 unspecified atom stereocenters. The van der Waals surface area contributed by atoms with Gasteiger partial charge < -0.3 is 15.3 Å². The Morgan fingerprint density at radius 3 is 2.50 bits per heavy atom. The van der Waals surface area contributed by atoms with Crippen LogP contribution in [0.1, 0.15) is 51.9 Å². The van der Waals surface area contributed by atoms with Gasteiger partial charge in [0.1, 0.15) is 0 Å². The average Bonchev–Trinajstić information content (AvgIpc) is 3.31. The van der Waals surface area contributed by atoms with E-state index in [0.717, 1.165) is 84.4 Å². The molecule has 3 aromatic rings. The Bertz CT molecular complexity index is 1550. The van der Waals surface area contributed by atoms with Crippen LogP contribution in [0.15, 0.2) is 72.8 Å². The maximum absolute atomic E-state index is 11.8. The number of carbonyl (C=O) groups is 2. The molecule has 2 aliphatic rings. The largest absolute Gasteiger partial charge is 0.478 e. The number of fused-ring (bicyclic) bond motifs is 1. The van der Waals surface area contributed by atoms with Crippen LogP contribution in [-0.2, 0) is 11.2 Å². The number of carboxylic acids is 1. The normalized spacial score (nSPS) is 17.3. The van der Waals surface area contributed by atoms with Gasteiger partial charge >= 0.3 is 5.97 Å². The molecule has 0 bridgehead atoms. The number of nitrogens with zero attached hydrogens (tertiary/aromatic N) is 2. The van der Waals surface area contributed by atoms with Crippen LogP contribution in [0.5, 0.6) is 0 Å². The Morgan fingerprint density at radius 2 is 1.79 bits per heavy atom. The average molecular weight is 605 g/mol. The summed E-state index contributed by atoms with van der Waals surface area (Å²) in [7, 11) is 3.50. The van der Waals surface area contributed by atoms with Gasteiger partial charge in [-0.25, -0.2) is 4.79 Å². The van der Waals surface area contributed by atoms with Crippen LogP contribution in [0.3, 0.4) is 0 Å². The summed E-state index contributed by atoms with van der Waals surface area (Å²) in [6, 6.07) is 19.8. The molecule has 1 heterocycles. The Morgan fingerprint density at radius 1 is 1.02 bits per heavy atom. The van der Waals surface area contributed by atoms with Gasteiger partial charge in [-0.1, -0.05) is 53.5 Å². The van der Waals surface area contributed by atoms with Crippen molar-refractivity contribution in [2.45, 2.75) is 31.7 Å². The van der Waals surface area contributed by atoms with Crippen LogP contribution in [-0.4, -0.2) is 66.6 Å². The summed E-state index contributed by atoms with van der Waals surface area (Å²) in [5.74, 6) is -0.924. The van der Waals surface area contributed by atoms with E-state index >= 15 is 0 Å². The number of likely N-dealkylation sites (tertiary alicyclic amines) is 1. The molecule has 1 aliphatic carbocycles. The summed E-state index contributed by atoms with van der Waals surface area (Å²) in [5, 5.41) is 14.5. The van der Waals surface area contributed by atoms with Crippen molar-refractivity contribution in [2.75, 3.05) is 39.0 Å². The standard InChI is InChI=1S/C34H35Cl2N3O3/c1-38(2)32(40)7-4-17-39-18-16-27(21-39)37-26-12-8-22(9-13-26)33-28-14-10-24(34(41)42)19-23(28)5-3-6-30(33)29-15-11-25(35)20-31(29)36/h4,7-15,19-20,27,37H,3,5-6,16-18,21H2,1-2H3,(H,41,42)/b7-4+/t27-/m0/s1. The number of likely N-dealkylation sites (N-methyl/N-ethyl adjacent to an activating group) is 1. The molecular formula is C34H35Cl2N3O3. The van der Waals surface area contributed by atoms with E-state index < -0.39 is 5.97 Å². The molecule has 0 spiro atoms. The number of anilines is 1. The first kappa shape index (κ1) is 29.9. The van der Waals surface area contributed by atoms with Crippen molar-refractivity contribution >= 4 is 51.9 Å². The fourth-order valence-electron chi connectivity index (χ4n) is 5.79. The van der Waals surface area contributed by atoms with Gasteiger partial charge in [0.15, 0.2) is 0 Å². The Kier molecular flexibility index (Phi) is 9.37. The number of carbonyl (C=O) groups excluding carboxylic acids is 1. The van der Waals surface area contributed by atoms with Crippen molar-refractivity contribution in [1.29, 1.82) is 0 Å². The number of hydrogen-bond acceptors (Lipinski definition) is 4. The number of hydrogen-bond donors (Lipinski definition) is 2. The highest BCUT2D eigenvalue weighted by molar-refractivity contribution is 6.36. The second kappa shape index (κ2) is 13.2. The highest BCUT2D eigenvalue weighted by Gasteiger charge is 2.24. The quantitative estimate of drug-likeness (QED) is 0.268. The van der Waals surface area contributed by atoms with Crippen molar-refractivity contribution < 1.29 is 14.7 Å². The molecule has 1 saturated heterocycles. The topological polar surface area (TPSA) is 72.9 Å². The molecule has 0 aromatic heterocycles. The predicted octanol–water partition coefficient (Wildman–Crippen LogP) is 7.12. The third-order valence-corrected chi connectivity index (χ3v) is 8.48. The van der Waals surface area contributed by atoms with Crippen LogP contribution < -0.4 is 5.32 Å². The summed E-state index contributed by atoms with van der Waals surface area (Å²) >= 11 is 13.0. The van der Waals surface area contributed by atoms with E-state index in [1.54, 1.807) is 43.3 Å². The van der Waals surface area contributed by atoms with Crippen molar-refractivity contribution in [3.05, 3.63) is 111 Å². The van der Waals surface area contributed by atoms with Crippen LogP contribution >= 0.6 is 23.2 Å². The number of allylic oxidation sites excluding steroid dienone is 1. The van der Waals surface area contributed by atoms with Crippen LogP contribution in [0.4, 0.5) is 5.69 Å². The number of carboxylic acid groups (broad SMARTS) is 1. The molecular weight excluding hydrogens is 569 g/mol. The van der Waals surface area contributed by atoms with Crippen molar-refractivity contribution in [3.63, 3.8) is 0 Å². The lowest BCUT2D eigenvalue weighted by Crippen LogP contribution is -2.26. The number of aryl methyl sites for hydroxylation is 1. The smallest absolute Gasteiger partial charge is 0.335 e. The molecule has 2 N–H and O–H groups in total. The zero-order valence-electron chi connectivity index (χ0n) is 23.9. The van der Waals surface area contributed by atoms with E-state index in [1.165, 1.54) is 0 Å². The van der Waals surface area contributed by atoms with Gasteiger partial charge in [0.25, 0.3) is 0 Å². The maximum Gasteiger partial charge on any atom is 0.335 e. The summed E-state index contributed by atoms with van der Waals surface area (Å²) < 4.78 is 0. The van der Waals surface area contributed by atoms with Gasteiger partial charge in [0, 0.05) is 61.6 Å². The minimum atomic E-state index is -0.924. The van der Waals surface area contributed by atoms with E-state index in [2.05, 4.69) is 34.5 Å². The summed E-state index contributed by atoms with van der Waals surface area (Å²) in [5.41, 5.74) is 7.60. The maximum atomic E-state index is 11.8. The van der Waals surface area contributed by atoms with E-state index in [9.17, 15) is 14.7 Å². The third kappa shape index (κ3) is 6.89. The molecule has 8 heteroatoms. The zero-order valence-corrected chi connectivity index (χ0v) is 25.4. The molecule has 1 aliphatic heterocycles. The second-order valence-corrected chi connectivity index (χ2v) is 12.0. The zero-order chi connectivity index (χ0) is 29.8. The van der Waals surface area contributed by atoms with Crippen molar-refractivity contribution in [3.8, 4) is 0 Å². The van der Waals surface area contributed by atoms with Gasteiger partial charge in [0.2, 0.25) is 5.91 Å². The summed E-state index contributed by atoms with van der Waals surface area (Å²) in [4.78, 5) is 27.4. The number of amides is 1. The molecule has 6 nitrogen and oxygen atoms in total. The Hall–Kier alpha value is -3.58. The van der Waals surface area contributed by atoms with E-state index in [-0.39, 0.29) is 5.91 Å². The monoisotopic (exact) mass is 603 g/mol. The molecule has 42 heavy (non-hydrogen) atoms. The third-order valence-electron chi connectivity index (χ3n) is 7.93. The number of nitrogens with one attached hydrogen (secondary N) is 1. The van der Waals surface area contributed by atoms with Gasteiger partial charge in [-0.05, 0) is 95.5 Å². The lowest BCUT2D eigenvalue weighted by atomic mass is 9.87. The number of rotatable bonds is 8. The number of aromatic carboxylic acids is 1. The van der Waals surface area contributed by atoms with Crippen molar-refractivity contribution in [2.24, 2.45) is 0 Å². The van der Waals surface area contributed by atoms with E-state index in [4.69, 9.17) is 23.2 Å². The molecule has 3 aromatic carbocycles. The van der Waals surface area contributed by atoms with Gasteiger partial charge in [-0.2, -0.15) is 0 Å². The lowest BCUT2D eigenvalue weighted by molar-refractivity contribution is -0.123. The first-order valence-electron chi connectivity index (χ1n) is 14.2. The Labute approximate surface area is 257 Å². The van der Waals surface area contributed by atoms with Gasteiger partial charge in [-0.15, -0.1) is 0 Å². The highest BCUT2D eigenvalue weighted by Crippen LogP contribution is 2.42. The fraction of sp³-hybridized carbons (Fsp3) is 0.294. The number of halogens is 2. The van der Waals surface area contributed by atoms with Gasteiger partial charge in [0.05, 0.1) is 5.56 Å². The van der Waals surface area contributed by atoms with E-state index in [0.29, 0.717) is 21.7 Å². The van der Waals surface area contributed by atoms with Gasteiger partial charge in [-0.3, -0.25) is 9.69 Å². The molecule has 0 radical (unpaired) electrons. The first-order chi connectivity index (χ1) is 20.2. The molecule has 1 fully saturated rings. The lowest BCUT2D eigenvalue weighted by Gasteiger charge is -2.19. The highest BCUT2D eigenvalue weighted by atomic mass is 35.5. The molecule has 218 valence electrons.